The van der Waals surface area contributed by atoms with E-state index in [1.807, 2.05) is 24.0 Å². The highest BCUT2D eigenvalue weighted by Gasteiger charge is 2.29. The van der Waals surface area contributed by atoms with Crippen molar-refractivity contribution in [3.63, 3.8) is 0 Å². The largest absolute Gasteiger partial charge is 0.292 e. The standard InChI is InChI=1S/C13H19NO3S2/c1-3-11-4-5-13(18-11)12(15)8-14-6-7-19(16,17)9-10(14)2/h4-5,10H,3,6-9H2,1-2H3. The summed E-state index contributed by atoms with van der Waals surface area (Å²) in [5.41, 5.74) is 0. The van der Waals surface area contributed by atoms with Crippen molar-refractivity contribution in [3.05, 3.63) is 21.9 Å². The lowest BCUT2D eigenvalue weighted by molar-refractivity contribution is 0.0912. The van der Waals surface area contributed by atoms with Crippen molar-refractivity contribution >= 4 is 27.0 Å². The zero-order chi connectivity index (χ0) is 14.0. The van der Waals surface area contributed by atoms with Gasteiger partial charge in [0, 0.05) is 17.5 Å². The molecular weight excluding hydrogens is 282 g/mol. The molecule has 106 valence electrons. The molecule has 0 bridgehead atoms. The van der Waals surface area contributed by atoms with Crippen LogP contribution in [0.25, 0.3) is 0 Å². The van der Waals surface area contributed by atoms with Gasteiger partial charge < -0.3 is 0 Å². The number of carbonyl (C=O) groups excluding carboxylic acids is 1. The fraction of sp³-hybridized carbons (Fsp3) is 0.615. The first kappa shape index (κ1) is 14.7. The molecule has 0 spiro atoms. The average molecular weight is 301 g/mol. The summed E-state index contributed by atoms with van der Waals surface area (Å²) in [5.74, 6) is 0.413. The zero-order valence-corrected chi connectivity index (χ0v) is 12.9. The Kier molecular flexibility index (Phi) is 4.43. The van der Waals surface area contributed by atoms with E-state index in [4.69, 9.17) is 0 Å². The molecule has 0 saturated carbocycles. The van der Waals surface area contributed by atoms with Crippen LogP contribution in [0.15, 0.2) is 12.1 Å². The highest BCUT2D eigenvalue weighted by atomic mass is 32.2. The molecule has 0 N–H and O–H groups in total. The number of aryl methyl sites for hydroxylation is 1. The highest BCUT2D eigenvalue weighted by molar-refractivity contribution is 7.91. The summed E-state index contributed by atoms with van der Waals surface area (Å²) in [7, 11) is -2.92. The number of carbonyl (C=O) groups is 1. The van der Waals surface area contributed by atoms with E-state index < -0.39 is 9.84 Å². The molecule has 2 rings (SSSR count). The van der Waals surface area contributed by atoms with E-state index in [-0.39, 0.29) is 23.3 Å². The van der Waals surface area contributed by atoms with Gasteiger partial charge in [-0.2, -0.15) is 0 Å². The molecule has 1 fully saturated rings. The Hall–Kier alpha value is -0.720. The van der Waals surface area contributed by atoms with E-state index >= 15 is 0 Å². The maximum atomic E-state index is 12.2. The van der Waals surface area contributed by atoms with Gasteiger partial charge in [0.2, 0.25) is 0 Å². The van der Waals surface area contributed by atoms with Crippen LogP contribution < -0.4 is 0 Å². The number of hydrogen-bond acceptors (Lipinski definition) is 5. The first-order chi connectivity index (χ1) is 8.91. The van der Waals surface area contributed by atoms with Crippen molar-refractivity contribution in [1.29, 1.82) is 0 Å². The maximum Gasteiger partial charge on any atom is 0.186 e. The van der Waals surface area contributed by atoms with Crippen LogP contribution in [0.2, 0.25) is 0 Å². The van der Waals surface area contributed by atoms with Crippen molar-refractivity contribution in [3.8, 4) is 0 Å². The van der Waals surface area contributed by atoms with Crippen LogP contribution in [0.4, 0.5) is 0 Å². The molecule has 4 nitrogen and oxygen atoms in total. The lowest BCUT2D eigenvalue weighted by atomic mass is 10.2. The number of rotatable bonds is 4. The Morgan fingerprint density at radius 3 is 2.79 bits per heavy atom. The minimum atomic E-state index is -2.92. The summed E-state index contributed by atoms with van der Waals surface area (Å²) in [6, 6.07) is 3.78. The van der Waals surface area contributed by atoms with E-state index in [0.717, 1.165) is 11.3 Å². The van der Waals surface area contributed by atoms with Gasteiger partial charge >= 0.3 is 0 Å². The first-order valence-electron chi connectivity index (χ1n) is 6.47. The number of hydrogen-bond donors (Lipinski definition) is 0. The normalized spacial score (nSPS) is 23.4. The van der Waals surface area contributed by atoms with E-state index in [1.54, 1.807) is 0 Å². The van der Waals surface area contributed by atoms with Crippen LogP contribution in [0, 0.1) is 0 Å². The predicted octanol–water partition coefficient (Wildman–Crippen LogP) is 1.61. The summed E-state index contributed by atoms with van der Waals surface area (Å²) in [5, 5.41) is 0. The Morgan fingerprint density at radius 2 is 2.21 bits per heavy atom. The van der Waals surface area contributed by atoms with Crippen LogP contribution in [-0.2, 0) is 16.3 Å². The van der Waals surface area contributed by atoms with Crippen LogP contribution in [0.1, 0.15) is 28.4 Å². The van der Waals surface area contributed by atoms with Crippen molar-refractivity contribution in [1.82, 2.24) is 4.90 Å². The summed E-state index contributed by atoms with van der Waals surface area (Å²) >= 11 is 1.54. The molecule has 0 aromatic carbocycles. The van der Waals surface area contributed by atoms with E-state index in [2.05, 4.69) is 6.92 Å². The van der Waals surface area contributed by atoms with Crippen LogP contribution in [0.3, 0.4) is 0 Å². The van der Waals surface area contributed by atoms with Gasteiger partial charge in [0.1, 0.15) is 0 Å². The molecule has 1 aromatic heterocycles. The van der Waals surface area contributed by atoms with Crippen molar-refractivity contribution in [2.45, 2.75) is 26.3 Å². The molecule has 1 saturated heterocycles. The summed E-state index contributed by atoms with van der Waals surface area (Å²) in [4.78, 5) is 16.1. The predicted molar refractivity (Wildman–Crippen MR) is 77.7 cm³/mol. The lowest BCUT2D eigenvalue weighted by Crippen LogP contribution is -2.48. The zero-order valence-electron chi connectivity index (χ0n) is 11.3. The monoisotopic (exact) mass is 301 g/mol. The van der Waals surface area contributed by atoms with Crippen molar-refractivity contribution < 1.29 is 13.2 Å². The van der Waals surface area contributed by atoms with E-state index in [0.29, 0.717) is 13.1 Å². The first-order valence-corrected chi connectivity index (χ1v) is 9.11. The molecule has 2 heterocycles. The molecule has 1 atom stereocenters. The Bertz CT molecular complexity index is 562. The number of thiophene rings is 1. The molecular formula is C13H19NO3S2. The van der Waals surface area contributed by atoms with Gasteiger partial charge in [0.05, 0.1) is 22.9 Å². The van der Waals surface area contributed by atoms with Crippen LogP contribution in [-0.4, -0.2) is 49.7 Å². The third-order valence-corrected chi connectivity index (χ3v) is 6.51. The number of Topliss-reactive ketones (excluding diaryl/α,β-unsaturated/α-hetero) is 1. The van der Waals surface area contributed by atoms with Gasteiger partial charge in [-0.25, -0.2) is 8.42 Å². The topological polar surface area (TPSA) is 54.5 Å². The van der Waals surface area contributed by atoms with Crippen LogP contribution in [0.5, 0.6) is 0 Å². The average Bonchev–Trinajstić information content (AvgIpc) is 2.81. The minimum absolute atomic E-state index is 0.0756. The van der Waals surface area contributed by atoms with Gasteiger partial charge in [-0.15, -0.1) is 11.3 Å². The molecule has 1 aliphatic rings. The summed E-state index contributed by atoms with van der Waals surface area (Å²) in [6.07, 6.45) is 0.941. The molecule has 0 amide bonds. The number of ketones is 1. The van der Waals surface area contributed by atoms with Gasteiger partial charge in [0.25, 0.3) is 0 Å². The lowest BCUT2D eigenvalue weighted by Gasteiger charge is -2.32. The molecule has 19 heavy (non-hydrogen) atoms. The highest BCUT2D eigenvalue weighted by Crippen LogP contribution is 2.19. The number of sulfone groups is 1. The fourth-order valence-electron chi connectivity index (χ4n) is 2.25. The fourth-order valence-corrected chi connectivity index (χ4v) is 4.75. The molecule has 0 aliphatic carbocycles. The molecule has 1 unspecified atom stereocenters. The Morgan fingerprint density at radius 1 is 1.47 bits per heavy atom. The van der Waals surface area contributed by atoms with Gasteiger partial charge in [-0.3, -0.25) is 9.69 Å². The number of nitrogens with zero attached hydrogens (tertiary/aromatic N) is 1. The second-order valence-electron chi connectivity index (χ2n) is 4.98. The third kappa shape index (κ3) is 3.64. The smallest absolute Gasteiger partial charge is 0.186 e. The molecule has 1 aromatic rings. The van der Waals surface area contributed by atoms with Gasteiger partial charge in [-0.1, -0.05) is 6.92 Å². The van der Waals surface area contributed by atoms with E-state index in [1.165, 1.54) is 16.2 Å². The summed E-state index contributed by atoms with van der Waals surface area (Å²) < 4.78 is 23.0. The SMILES string of the molecule is CCc1ccc(C(=O)CN2CCS(=O)(=O)CC2C)s1. The second kappa shape index (κ2) is 5.73. The van der Waals surface area contributed by atoms with Crippen molar-refractivity contribution in [2.75, 3.05) is 24.6 Å². The minimum Gasteiger partial charge on any atom is -0.292 e. The maximum absolute atomic E-state index is 12.2. The van der Waals surface area contributed by atoms with Crippen LogP contribution >= 0.6 is 11.3 Å². The van der Waals surface area contributed by atoms with Gasteiger partial charge in [-0.05, 0) is 25.5 Å². The Labute approximate surface area is 118 Å². The molecule has 6 heteroatoms. The molecule has 1 aliphatic heterocycles. The molecule has 0 radical (unpaired) electrons. The quantitative estimate of drug-likeness (QED) is 0.793. The Balaban J connectivity index is 1.99. The van der Waals surface area contributed by atoms with Gasteiger partial charge in [0.15, 0.2) is 15.6 Å². The van der Waals surface area contributed by atoms with Crippen molar-refractivity contribution in [2.24, 2.45) is 0 Å². The third-order valence-electron chi connectivity index (χ3n) is 3.44. The second-order valence-corrected chi connectivity index (χ2v) is 8.37. The summed E-state index contributed by atoms with van der Waals surface area (Å²) in [6.45, 7) is 4.72. The van der Waals surface area contributed by atoms with E-state index in [9.17, 15) is 13.2 Å².